The summed E-state index contributed by atoms with van der Waals surface area (Å²) in [5.41, 5.74) is 1.11. The van der Waals surface area contributed by atoms with E-state index < -0.39 is 22.2 Å². The van der Waals surface area contributed by atoms with Crippen molar-refractivity contribution in [3.63, 3.8) is 0 Å². The fraction of sp³-hybridized carbons (Fsp3) is 0.368. The van der Waals surface area contributed by atoms with Gasteiger partial charge in [-0.05, 0) is 24.1 Å². The van der Waals surface area contributed by atoms with Crippen LogP contribution in [0.4, 0.5) is 0 Å². The minimum absolute atomic E-state index is 0.135. The summed E-state index contributed by atoms with van der Waals surface area (Å²) in [6.07, 6.45) is -0.720. The number of aliphatic hydroxyl groups is 1. The molecule has 1 aliphatic heterocycles. The van der Waals surface area contributed by atoms with Gasteiger partial charge in [0.15, 0.2) is 11.5 Å². The topological polar surface area (TPSA) is 85.3 Å². The number of sulfonamides is 1. The third-order valence-corrected chi connectivity index (χ3v) is 6.90. The van der Waals surface area contributed by atoms with E-state index in [0.29, 0.717) is 28.4 Å². The average Bonchev–Trinajstić information content (AvgIpc) is 2.69. The van der Waals surface area contributed by atoms with Gasteiger partial charge in [-0.15, -0.1) is 0 Å². The van der Waals surface area contributed by atoms with Crippen LogP contribution in [0.15, 0.2) is 41.3 Å². The van der Waals surface area contributed by atoms with E-state index in [-0.39, 0.29) is 11.3 Å². The molecule has 1 heterocycles. The first-order valence-corrected chi connectivity index (χ1v) is 9.83. The molecule has 0 saturated carbocycles. The molecule has 0 saturated heterocycles. The van der Waals surface area contributed by atoms with E-state index in [0.717, 1.165) is 0 Å². The van der Waals surface area contributed by atoms with Crippen LogP contribution in [0, 0.1) is 0 Å². The molecule has 0 unspecified atom stereocenters. The molecule has 0 spiro atoms. The Morgan fingerprint density at radius 1 is 1.00 bits per heavy atom. The summed E-state index contributed by atoms with van der Waals surface area (Å²) < 4.78 is 43.1. The van der Waals surface area contributed by atoms with Gasteiger partial charge >= 0.3 is 0 Å². The van der Waals surface area contributed by atoms with E-state index in [1.165, 1.54) is 38.7 Å². The monoisotopic (exact) mass is 393 g/mol. The van der Waals surface area contributed by atoms with Crippen molar-refractivity contribution >= 4 is 10.0 Å². The van der Waals surface area contributed by atoms with Gasteiger partial charge in [0.05, 0.1) is 38.4 Å². The first kappa shape index (κ1) is 19.5. The van der Waals surface area contributed by atoms with Gasteiger partial charge in [0, 0.05) is 12.6 Å². The Hall–Kier alpha value is -2.29. The highest BCUT2D eigenvalue weighted by Crippen LogP contribution is 2.43. The summed E-state index contributed by atoms with van der Waals surface area (Å²) in [5.74, 6) is 1.39. The van der Waals surface area contributed by atoms with E-state index in [9.17, 15) is 13.5 Å². The number of hydrogen-bond acceptors (Lipinski definition) is 6. The maximum atomic E-state index is 12.9. The van der Waals surface area contributed by atoms with Crippen LogP contribution in [0.5, 0.6) is 17.2 Å². The van der Waals surface area contributed by atoms with Crippen LogP contribution in [0.2, 0.25) is 0 Å². The molecule has 2 atom stereocenters. The summed E-state index contributed by atoms with van der Waals surface area (Å²) in [6.45, 7) is 0. The Kier molecular flexibility index (Phi) is 5.32. The van der Waals surface area contributed by atoms with Crippen LogP contribution < -0.4 is 14.2 Å². The number of nitrogens with zero attached hydrogens (tertiary/aromatic N) is 1. The second kappa shape index (κ2) is 7.38. The first-order chi connectivity index (χ1) is 12.9. The smallest absolute Gasteiger partial charge is 0.243 e. The van der Waals surface area contributed by atoms with Crippen molar-refractivity contribution in [3.8, 4) is 17.2 Å². The number of aliphatic hydroxyl groups excluding tert-OH is 1. The highest BCUT2D eigenvalue weighted by molar-refractivity contribution is 7.89. The largest absolute Gasteiger partial charge is 0.493 e. The van der Waals surface area contributed by atoms with Crippen molar-refractivity contribution in [1.82, 2.24) is 4.31 Å². The molecular weight excluding hydrogens is 370 g/mol. The first-order valence-electron chi connectivity index (χ1n) is 8.39. The number of fused-ring (bicyclic) bond motifs is 1. The van der Waals surface area contributed by atoms with Gasteiger partial charge in [0.2, 0.25) is 15.8 Å². The van der Waals surface area contributed by atoms with Gasteiger partial charge in [-0.1, -0.05) is 24.3 Å². The molecule has 2 aromatic carbocycles. The second-order valence-electron chi connectivity index (χ2n) is 6.27. The Balaban J connectivity index is 2.06. The van der Waals surface area contributed by atoms with E-state index in [4.69, 9.17) is 14.2 Å². The van der Waals surface area contributed by atoms with Crippen molar-refractivity contribution in [3.05, 3.63) is 47.5 Å². The van der Waals surface area contributed by atoms with Crippen molar-refractivity contribution in [2.45, 2.75) is 23.5 Å². The molecule has 0 bridgehead atoms. The average molecular weight is 393 g/mol. The van der Waals surface area contributed by atoms with Crippen LogP contribution in [-0.2, 0) is 16.4 Å². The van der Waals surface area contributed by atoms with Gasteiger partial charge in [0.25, 0.3) is 0 Å². The standard InChI is InChI=1S/C19H23NO6S/c1-20-14(17(21)13-7-5-6-8-16(13)27(20,22)23)11-12-9-10-15(24-2)19(26-4)18(12)25-3/h5-10,14,17,21H,11H2,1-4H3/t14-,17-/m1/s1. The zero-order valence-corrected chi connectivity index (χ0v) is 16.5. The number of rotatable bonds is 5. The summed E-state index contributed by atoms with van der Waals surface area (Å²) in [5, 5.41) is 10.9. The molecule has 8 heteroatoms. The molecule has 1 aliphatic rings. The van der Waals surface area contributed by atoms with Crippen molar-refractivity contribution < 1.29 is 27.7 Å². The quantitative estimate of drug-likeness (QED) is 0.836. The number of ether oxygens (including phenoxy) is 3. The molecule has 27 heavy (non-hydrogen) atoms. The molecule has 0 aliphatic carbocycles. The normalized spacial score (nSPS) is 21.4. The maximum Gasteiger partial charge on any atom is 0.243 e. The Morgan fingerprint density at radius 2 is 1.67 bits per heavy atom. The second-order valence-corrected chi connectivity index (χ2v) is 8.23. The van der Waals surface area contributed by atoms with Crippen LogP contribution in [0.3, 0.4) is 0 Å². The van der Waals surface area contributed by atoms with E-state index in [1.807, 2.05) is 0 Å². The van der Waals surface area contributed by atoms with Gasteiger partial charge in [0.1, 0.15) is 0 Å². The Bertz CT molecular complexity index is 943. The third kappa shape index (κ3) is 3.13. The predicted molar refractivity (Wildman–Crippen MR) is 99.9 cm³/mol. The molecule has 0 fully saturated rings. The zero-order chi connectivity index (χ0) is 19.8. The SMILES string of the molecule is COc1ccc(C[C@@H]2[C@H](O)c3ccccc3S(=O)(=O)N2C)c(OC)c1OC. The molecule has 2 aromatic rings. The number of likely N-dealkylation sites (N-methyl/N-ethyl adjacent to an activating group) is 1. The molecule has 7 nitrogen and oxygen atoms in total. The maximum absolute atomic E-state index is 12.9. The Morgan fingerprint density at radius 3 is 2.30 bits per heavy atom. The van der Waals surface area contributed by atoms with Crippen LogP contribution >= 0.6 is 0 Å². The number of hydrogen-bond donors (Lipinski definition) is 1. The third-order valence-electron chi connectivity index (χ3n) is 4.94. The van der Waals surface area contributed by atoms with Gasteiger partial charge in [-0.3, -0.25) is 0 Å². The van der Waals surface area contributed by atoms with Crippen molar-refractivity contribution in [1.29, 1.82) is 0 Å². The molecule has 0 radical (unpaired) electrons. The van der Waals surface area contributed by atoms with Crippen LogP contribution in [0.1, 0.15) is 17.2 Å². The molecular formula is C19H23NO6S. The Labute approximate surface area is 159 Å². The minimum atomic E-state index is -3.69. The van der Waals surface area contributed by atoms with Gasteiger partial charge < -0.3 is 19.3 Å². The molecule has 0 amide bonds. The van der Waals surface area contributed by atoms with Gasteiger partial charge in [-0.2, -0.15) is 4.31 Å². The van der Waals surface area contributed by atoms with Gasteiger partial charge in [-0.25, -0.2) is 8.42 Å². The molecule has 146 valence electrons. The van der Waals surface area contributed by atoms with E-state index in [1.54, 1.807) is 30.3 Å². The highest BCUT2D eigenvalue weighted by Gasteiger charge is 2.41. The van der Waals surface area contributed by atoms with Crippen molar-refractivity contribution in [2.24, 2.45) is 0 Å². The fourth-order valence-corrected chi connectivity index (χ4v) is 5.08. The zero-order valence-electron chi connectivity index (χ0n) is 15.7. The lowest BCUT2D eigenvalue weighted by Gasteiger charge is -2.37. The number of methoxy groups -OCH3 is 3. The number of benzene rings is 2. The lowest BCUT2D eigenvalue weighted by Crippen LogP contribution is -2.46. The molecule has 0 aromatic heterocycles. The minimum Gasteiger partial charge on any atom is -0.493 e. The highest BCUT2D eigenvalue weighted by atomic mass is 32.2. The fourth-order valence-electron chi connectivity index (χ4n) is 3.49. The van der Waals surface area contributed by atoms with E-state index in [2.05, 4.69) is 0 Å². The summed E-state index contributed by atoms with van der Waals surface area (Å²) in [7, 11) is 2.33. The summed E-state index contributed by atoms with van der Waals surface area (Å²) in [6, 6.07) is 9.35. The van der Waals surface area contributed by atoms with Crippen LogP contribution in [0.25, 0.3) is 0 Å². The summed E-state index contributed by atoms with van der Waals surface area (Å²) >= 11 is 0. The summed E-state index contributed by atoms with van der Waals surface area (Å²) in [4.78, 5) is 0.135. The lowest BCUT2D eigenvalue weighted by molar-refractivity contribution is 0.0888. The van der Waals surface area contributed by atoms with Crippen molar-refractivity contribution in [2.75, 3.05) is 28.4 Å². The van der Waals surface area contributed by atoms with Crippen LogP contribution in [-0.4, -0.2) is 52.2 Å². The molecule has 1 N–H and O–H groups in total. The molecule has 3 rings (SSSR count). The lowest BCUT2D eigenvalue weighted by atomic mass is 9.95. The van der Waals surface area contributed by atoms with E-state index >= 15 is 0 Å². The predicted octanol–water partition coefficient (Wildman–Crippen LogP) is 1.99.